The maximum atomic E-state index is 13.7. The molecular weight excluding hydrogens is 606 g/mol. The topological polar surface area (TPSA) is 200 Å². The van der Waals surface area contributed by atoms with E-state index in [1.165, 1.54) is 15.7 Å². The van der Waals surface area contributed by atoms with Gasteiger partial charge in [0.15, 0.2) is 5.82 Å². The summed E-state index contributed by atoms with van der Waals surface area (Å²) in [7, 11) is 0. The second-order valence-electron chi connectivity index (χ2n) is 11.5. The molecule has 0 saturated carbocycles. The van der Waals surface area contributed by atoms with Crippen molar-refractivity contribution in [3.05, 3.63) is 72.3 Å². The molecule has 0 unspecified atom stereocenters. The monoisotopic (exact) mass is 643 g/mol. The van der Waals surface area contributed by atoms with E-state index < -0.39 is 35.8 Å². The summed E-state index contributed by atoms with van der Waals surface area (Å²) in [5.74, 6) is -0.787. The van der Waals surface area contributed by atoms with Crippen molar-refractivity contribution in [1.82, 2.24) is 56.2 Å². The van der Waals surface area contributed by atoms with Crippen LogP contribution in [0, 0.1) is 5.92 Å². The SMILES string of the molecule is CC(C)[C@H]1NC(=O)[C@@H](NC(=O)Cn2cnnn2)Cc2ccc(cc2)OCCNC(=O)Cn2nc(-c3ccccc3)nc2[C@H](C)NC1=O. The van der Waals surface area contributed by atoms with Crippen molar-refractivity contribution in [2.75, 3.05) is 13.2 Å². The number of carbonyl (C=O) groups excluding carboxylic acids is 4. The second-order valence-corrected chi connectivity index (χ2v) is 11.5. The Morgan fingerprint density at radius 2 is 1.81 bits per heavy atom. The number of hydrogen-bond acceptors (Lipinski definition) is 10. The van der Waals surface area contributed by atoms with E-state index in [1.807, 2.05) is 30.3 Å². The Kier molecular flexibility index (Phi) is 10.5. The number of nitrogens with zero attached hydrogens (tertiary/aromatic N) is 7. The quantitative estimate of drug-likeness (QED) is 0.233. The summed E-state index contributed by atoms with van der Waals surface area (Å²) < 4.78 is 8.49. The van der Waals surface area contributed by atoms with Gasteiger partial charge in [-0.2, -0.15) is 5.10 Å². The van der Waals surface area contributed by atoms with Gasteiger partial charge in [0, 0.05) is 12.0 Å². The fourth-order valence-corrected chi connectivity index (χ4v) is 5.01. The van der Waals surface area contributed by atoms with Crippen molar-refractivity contribution in [3.8, 4) is 17.1 Å². The van der Waals surface area contributed by atoms with E-state index in [9.17, 15) is 19.2 Å². The number of rotatable bonds is 5. The molecule has 2 aliphatic heterocycles. The minimum atomic E-state index is -1.02. The standard InChI is InChI=1S/C31H37N11O5/c1-19(2)27-31(46)34-20(3)29-37-28(22-7-5-4-6-8-22)38-42(29)17-25(43)32-13-14-47-23-11-9-21(10-12-23)15-24(30(45)36-27)35-26(44)16-41-18-33-39-40-41/h4-12,18-20,24,27H,13-17H2,1-3H3,(H,32,43)(H,34,46)(H,35,44)(H,36,45)/t20-,24-,27+/m0/s1. The normalized spacial score (nSPS) is 19.6. The fourth-order valence-electron chi connectivity index (χ4n) is 5.01. The number of tetrazole rings is 1. The van der Waals surface area contributed by atoms with Gasteiger partial charge in [0.2, 0.25) is 23.6 Å². The van der Waals surface area contributed by atoms with Crippen LogP contribution in [-0.2, 0) is 38.7 Å². The van der Waals surface area contributed by atoms with Crippen LogP contribution >= 0.6 is 0 Å². The van der Waals surface area contributed by atoms with Crippen LogP contribution in [0.2, 0.25) is 0 Å². The van der Waals surface area contributed by atoms with Crippen LogP contribution in [0.5, 0.6) is 5.75 Å². The van der Waals surface area contributed by atoms with Gasteiger partial charge in [-0.1, -0.05) is 56.3 Å². The summed E-state index contributed by atoms with van der Waals surface area (Å²) in [6.45, 7) is 5.46. The first kappa shape index (κ1) is 32.7. The van der Waals surface area contributed by atoms with Gasteiger partial charge in [-0.05, 0) is 41.0 Å². The van der Waals surface area contributed by atoms with Gasteiger partial charge in [-0.15, -0.1) is 5.10 Å². The van der Waals surface area contributed by atoms with E-state index >= 15 is 0 Å². The molecule has 246 valence electrons. The number of carbonyl (C=O) groups is 4. The molecule has 4 aromatic rings. The second kappa shape index (κ2) is 15.1. The van der Waals surface area contributed by atoms with Crippen LogP contribution in [-0.4, -0.2) is 83.8 Å². The Hall–Kier alpha value is -5.67. The summed E-state index contributed by atoms with van der Waals surface area (Å²) in [4.78, 5) is 57.9. The van der Waals surface area contributed by atoms with Gasteiger partial charge in [0.25, 0.3) is 0 Å². The number of aromatic nitrogens is 7. The van der Waals surface area contributed by atoms with Gasteiger partial charge in [0.05, 0.1) is 12.6 Å². The minimum Gasteiger partial charge on any atom is -0.492 e. The van der Waals surface area contributed by atoms with E-state index in [1.54, 1.807) is 45.0 Å². The van der Waals surface area contributed by atoms with E-state index in [4.69, 9.17) is 4.74 Å². The number of nitrogens with one attached hydrogen (secondary N) is 4. The molecule has 0 fully saturated rings. The highest BCUT2D eigenvalue weighted by atomic mass is 16.5. The molecule has 2 aromatic carbocycles. The van der Waals surface area contributed by atoms with Crippen LogP contribution in [0.25, 0.3) is 11.4 Å². The highest BCUT2D eigenvalue weighted by molar-refractivity contribution is 5.92. The lowest BCUT2D eigenvalue weighted by Gasteiger charge is -2.26. The Bertz CT molecular complexity index is 1670. The molecule has 4 amide bonds. The molecule has 0 radical (unpaired) electrons. The maximum Gasteiger partial charge on any atom is 0.243 e. The van der Waals surface area contributed by atoms with E-state index in [0.29, 0.717) is 17.4 Å². The van der Waals surface area contributed by atoms with E-state index in [2.05, 4.69) is 46.9 Å². The van der Waals surface area contributed by atoms with Crippen molar-refractivity contribution < 1.29 is 23.9 Å². The van der Waals surface area contributed by atoms with Crippen LogP contribution in [0.15, 0.2) is 60.9 Å². The zero-order valence-corrected chi connectivity index (χ0v) is 26.3. The molecule has 0 spiro atoms. The summed E-state index contributed by atoms with van der Waals surface area (Å²) in [5, 5.41) is 26.7. The number of benzene rings is 2. The molecule has 16 heteroatoms. The number of ether oxygens (including phenoxy) is 1. The van der Waals surface area contributed by atoms with Crippen LogP contribution < -0.4 is 26.0 Å². The third-order valence-electron chi connectivity index (χ3n) is 7.42. The first-order valence-electron chi connectivity index (χ1n) is 15.3. The van der Waals surface area contributed by atoms with Crippen LogP contribution in [0.4, 0.5) is 0 Å². The predicted octanol–water partition coefficient (Wildman–Crippen LogP) is 0.186. The number of hydrogen-bond donors (Lipinski definition) is 4. The van der Waals surface area contributed by atoms with Crippen molar-refractivity contribution in [2.24, 2.45) is 5.92 Å². The molecule has 4 N–H and O–H groups in total. The highest BCUT2D eigenvalue weighted by Gasteiger charge is 2.31. The average molecular weight is 644 g/mol. The van der Waals surface area contributed by atoms with Crippen molar-refractivity contribution in [1.29, 1.82) is 0 Å². The van der Waals surface area contributed by atoms with Crippen LogP contribution in [0.3, 0.4) is 0 Å². The summed E-state index contributed by atoms with van der Waals surface area (Å²) in [5.41, 5.74) is 1.49. The first-order chi connectivity index (χ1) is 22.7. The molecule has 4 heterocycles. The Labute approximate surface area is 270 Å². The molecule has 0 aliphatic carbocycles. The molecule has 0 saturated heterocycles. The molecule has 6 rings (SSSR count). The van der Waals surface area contributed by atoms with Gasteiger partial charge < -0.3 is 26.0 Å². The Morgan fingerprint density at radius 1 is 1.04 bits per heavy atom. The van der Waals surface area contributed by atoms with Crippen LogP contribution in [0.1, 0.15) is 38.2 Å². The minimum absolute atomic E-state index is 0.137. The molecule has 2 bridgehead atoms. The third kappa shape index (κ3) is 8.74. The van der Waals surface area contributed by atoms with Gasteiger partial charge in [-0.3, -0.25) is 19.2 Å². The smallest absolute Gasteiger partial charge is 0.243 e. The molecular formula is C31H37N11O5. The number of amides is 4. The number of fused-ring (bicyclic) bond motifs is 14. The average Bonchev–Trinajstić information content (AvgIpc) is 3.72. The summed E-state index contributed by atoms with van der Waals surface area (Å²) >= 11 is 0. The Morgan fingerprint density at radius 3 is 2.51 bits per heavy atom. The van der Waals surface area contributed by atoms with Crippen molar-refractivity contribution >= 4 is 23.6 Å². The lowest BCUT2D eigenvalue weighted by atomic mass is 10.0. The summed E-state index contributed by atoms with van der Waals surface area (Å²) in [6, 6.07) is 13.7. The van der Waals surface area contributed by atoms with Gasteiger partial charge in [0.1, 0.15) is 49.7 Å². The Balaban J connectivity index is 1.43. The van der Waals surface area contributed by atoms with Crippen molar-refractivity contribution in [3.63, 3.8) is 0 Å². The van der Waals surface area contributed by atoms with Gasteiger partial charge in [-0.25, -0.2) is 14.3 Å². The lowest BCUT2D eigenvalue weighted by molar-refractivity contribution is -0.133. The maximum absolute atomic E-state index is 13.7. The first-order valence-corrected chi connectivity index (χ1v) is 15.3. The molecule has 3 atom stereocenters. The molecule has 2 aliphatic rings. The zero-order chi connectivity index (χ0) is 33.3. The predicted molar refractivity (Wildman–Crippen MR) is 167 cm³/mol. The van der Waals surface area contributed by atoms with Gasteiger partial charge >= 0.3 is 0 Å². The van der Waals surface area contributed by atoms with Crippen molar-refractivity contribution in [2.45, 2.75) is 58.4 Å². The molecule has 2 aromatic heterocycles. The van der Waals surface area contributed by atoms with E-state index in [-0.39, 0.29) is 44.5 Å². The highest BCUT2D eigenvalue weighted by Crippen LogP contribution is 2.20. The third-order valence-corrected chi connectivity index (χ3v) is 7.42. The van der Waals surface area contributed by atoms with E-state index in [0.717, 1.165) is 11.1 Å². The summed E-state index contributed by atoms with van der Waals surface area (Å²) in [6.07, 6.45) is 1.43. The lowest BCUT2D eigenvalue weighted by Crippen LogP contribution is -2.56. The largest absolute Gasteiger partial charge is 0.492 e. The zero-order valence-electron chi connectivity index (χ0n) is 26.3. The molecule has 47 heavy (non-hydrogen) atoms. The fraction of sp³-hybridized carbons (Fsp3) is 0.387. The molecule has 16 nitrogen and oxygen atoms in total.